The summed E-state index contributed by atoms with van der Waals surface area (Å²) in [5.41, 5.74) is 7.32. The van der Waals surface area contributed by atoms with Crippen molar-refractivity contribution in [1.82, 2.24) is 0 Å². The van der Waals surface area contributed by atoms with Crippen LogP contribution in [0.25, 0.3) is 0 Å². The van der Waals surface area contributed by atoms with Crippen molar-refractivity contribution < 1.29 is 9.47 Å². The molecule has 0 aliphatic carbocycles. The van der Waals surface area contributed by atoms with Gasteiger partial charge in [0.25, 0.3) is 0 Å². The summed E-state index contributed by atoms with van der Waals surface area (Å²) in [5, 5.41) is 0. The molecule has 2 N–H and O–H groups in total. The lowest BCUT2D eigenvalue weighted by molar-refractivity contribution is 0.360. The fraction of sp³-hybridized carbons (Fsp3) is 0.600. The van der Waals surface area contributed by atoms with E-state index in [-0.39, 0.29) is 6.04 Å². The topological polar surface area (TPSA) is 44.5 Å². The highest BCUT2D eigenvalue weighted by molar-refractivity contribution is 5.46. The van der Waals surface area contributed by atoms with Gasteiger partial charge in [-0.25, -0.2) is 0 Å². The molecule has 3 nitrogen and oxygen atoms in total. The van der Waals surface area contributed by atoms with Crippen molar-refractivity contribution in [1.29, 1.82) is 0 Å². The number of ether oxygens (including phenoxy) is 2. The fourth-order valence-electron chi connectivity index (χ4n) is 2.34. The summed E-state index contributed by atoms with van der Waals surface area (Å²) in [5.74, 6) is 2.27. The first kappa shape index (κ1) is 14.8. The van der Waals surface area contributed by atoms with Crippen LogP contribution in [0.1, 0.15) is 44.7 Å². The van der Waals surface area contributed by atoms with Crippen molar-refractivity contribution in [3.8, 4) is 11.5 Å². The highest BCUT2D eigenvalue weighted by Gasteiger charge is 2.19. The molecule has 1 aromatic carbocycles. The van der Waals surface area contributed by atoms with Gasteiger partial charge in [-0.15, -0.1) is 0 Å². The van der Waals surface area contributed by atoms with Gasteiger partial charge in [-0.1, -0.05) is 32.8 Å². The van der Waals surface area contributed by atoms with Crippen LogP contribution in [0.5, 0.6) is 11.5 Å². The average molecular weight is 251 g/mol. The van der Waals surface area contributed by atoms with E-state index in [4.69, 9.17) is 15.2 Å². The first-order valence-corrected chi connectivity index (χ1v) is 6.64. The zero-order valence-electron chi connectivity index (χ0n) is 11.9. The SMILES string of the molecule is CCC(CC)CC(N)c1c(OC)cccc1OC. The Morgan fingerprint density at radius 2 is 1.56 bits per heavy atom. The molecule has 102 valence electrons. The number of methoxy groups -OCH3 is 2. The third-order valence-corrected chi connectivity index (χ3v) is 3.58. The van der Waals surface area contributed by atoms with Crippen LogP contribution < -0.4 is 15.2 Å². The lowest BCUT2D eigenvalue weighted by Gasteiger charge is -2.22. The van der Waals surface area contributed by atoms with E-state index in [0.717, 1.165) is 36.3 Å². The number of benzene rings is 1. The maximum atomic E-state index is 6.34. The summed E-state index contributed by atoms with van der Waals surface area (Å²) in [6.07, 6.45) is 3.27. The van der Waals surface area contributed by atoms with Gasteiger partial charge >= 0.3 is 0 Å². The summed E-state index contributed by atoms with van der Waals surface area (Å²) in [6, 6.07) is 5.75. The van der Waals surface area contributed by atoms with Crippen LogP contribution in [0.15, 0.2) is 18.2 Å². The molecule has 3 heteroatoms. The third-order valence-electron chi connectivity index (χ3n) is 3.58. The van der Waals surface area contributed by atoms with Gasteiger partial charge in [-0.05, 0) is 24.5 Å². The number of nitrogens with two attached hydrogens (primary N) is 1. The van der Waals surface area contributed by atoms with Crippen molar-refractivity contribution in [3.63, 3.8) is 0 Å². The molecule has 1 atom stereocenters. The molecule has 0 aliphatic heterocycles. The monoisotopic (exact) mass is 251 g/mol. The Morgan fingerprint density at radius 3 is 1.94 bits per heavy atom. The maximum Gasteiger partial charge on any atom is 0.127 e. The Hall–Kier alpha value is -1.22. The zero-order chi connectivity index (χ0) is 13.5. The second-order valence-electron chi connectivity index (χ2n) is 4.60. The van der Waals surface area contributed by atoms with Crippen molar-refractivity contribution in [3.05, 3.63) is 23.8 Å². The molecule has 0 fully saturated rings. The molecule has 0 radical (unpaired) electrons. The van der Waals surface area contributed by atoms with Crippen LogP contribution in [-0.2, 0) is 0 Å². The Kier molecular flexibility index (Phi) is 5.99. The molecule has 18 heavy (non-hydrogen) atoms. The molecule has 0 saturated heterocycles. The third kappa shape index (κ3) is 3.39. The van der Waals surface area contributed by atoms with E-state index in [0.29, 0.717) is 5.92 Å². The standard InChI is InChI=1S/C15H25NO2/c1-5-11(6-2)10-12(16)15-13(17-3)8-7-9-14(15)18-4/h7-9,11-12H,5-6,10,16H2,1-4H3. The number of rotatable bonds is 7. The molecule has 0 saturated carbocycles. The minimum Gasteiger partial charge on any atom is -0.496 e. The van der Waals surface area contributed by atoms with Crippen molar-refractivity contribution >= 4 is 0 Å². The van der Waals surface area contributed by atoms with E-state index in [1.165, 1.54) is 0 Å². The normalized spacial score (nSPS) is 12.6. The molecule has 0 spiro atoms. The molecule has 0 bridgehead atoms. The highest BCUT2D eigenvalue weighted by atomic mass is 16.5. The van der Waals surface area contributed by atoms with Crippen molar-refractivity contribution in [2.45, 2.75) is 39.2 Å². The first-order chi connectivity index (χ1) is 8.67. The molecule has 1 aromatic rings. The maximum absolute atomic E-state index is 6.34. The molecule has 0 heterocycles. The summed E-state index contributed by atoms with van der Waals surface area (Å²) in [7, 11) is 3.34. The Morgan fingerprint density at radius 1 is 1.06 bits per heavy atom. The largest absolute Gasteiger partial charge is 0.496 e. The number of hydrogen-bond acceptors (Lipinski definition) is 3. The molecular weight excluding hydrogens is 226 g/mol. The van der Waals surface area contributed by atoms with E-state index in [9.17, 15) is 0 Å². The minimum absolute atomic E-state index is 0.0407. The van der Waals surface area contributed by atoms with Crippen LogP contribution in [0.4, 0.5) is 0 Å². The van der Waals surface area contributed by atoms with Crippen molar-refractivity contribution in [2.24, 2.45) is 11.7 Å². The molecule has 0 aliphatic rings. The lowest BCUT2D eigenvalue weighted by atomic mass is 9.91. The van der Waals surface area contributed by atoms with Gasteiger partial charge in [0, 0.05) is 6.04 Å². The van der Waals surface area contributed by atoms with Gasteiger partial charge in [0.05, 0.1) is 19.8 Å². The van der Waals surface area contributed by atoms with E-state index in [2.05, 4.69) is 13.8 Å². The predicted octanol–water partition coefficient (Wildman–Crippen LogP) is 3.53. The van der Waals surface area contributed by atoms with Crippen LogP contribution >= 0.6 is 0 Å². The highest BCUT2D eigenvalue weighted by Crippen LogP contribution is 2.36. The second-order valence-corrected chi connectivity index (χ2v) is 4.60. The number of hydrogen-bond donors (Lipinski definition) is 1. The van der Waals surface area contributed by atoms with Gasteiger partial charge < -0.3 is 15.2 Å². The second kappa shape index (κ2) is 7.27. The summed E-state index contributed by atoms with van der Waals surface area (Å²) < 4.78 is 10.8. The van der Waals surface area contributed by atoms with E-state index < -0.39 is 0 Å². The van der Waals surface area contributed by atoms with Gasteiger partial charge in [0.1, 0.15) is 11.5 Å². The van der Waals surface area contributed by atoms with E-state index in [1.807, 2.05) is 18.2 Å². The quantitative estimate of drug-likeness (QED) is 0.806. The van der Waals surface area contributed by atoms with E-state index in [1.54, 1.807) is 14.2 Å². The van der Waals surface area contributed by atoms with Gasteiger partial charge in [0.2, 0.25) is 0 Å². The molecule has 0 amide bonds. The van der Waals surface area contributed by atoms with Gasteiger partial charge in [0.15, 0.2) is 0 Å². The van der Waals surface area contributed by atoms with Crippen LogP contribution in [0.2, 0.25) is 0 Å². The van der Waals surface area contributed by atoms with E-state index >= 15 is 0 Å². The summed E-state index contributed by atoms with van der Waals surface area (Å²) >= 11 is 0. The molecule has 1 unspecified atom stereocenters. The Balaban J connectivity index is 2.98. The van der Waals surface area contributed by atoms with Gasteiger partial charge in [-0.2, -0.15) is 0 Å². The molecule has 1 rings (SSSR count). The summed E-state index contributed by atoms with van der Waals surface area (Å²) in [4.78, 5) is 0. The lowest BCUT2D eigenvalue weighted by Crippen LogP contribution is -2.17. The van der Waals surface area contributed by atoms with Crippen LogP contribution in [-0.4, -0.2) is 14.2 Å². The average Bonchev–Trinajstić information content (AvgIpc) is 2.43. The predicted molar refractivity (Wildman–Crippen MR) is 75.2 cm³/mol. The van der Waals surface area contributed by atoms with Crippen LogP contribution in [0, 0.1) is 5.92 Å². The zero-order valence-corrected chi connectivity index (χ0v) is 11.9. The smallest absolute Gasteiger partial charge is 0.127 e. The summed E-state index contributed by atoms with van der Waals surface area (Å²) in [6.45, 7) is 4.42. The Labute approximate surface area is 110 Å². The minimum atomic E-state index is -0.0407. The molecule has 0 aromatic heterocycles. The van der Waals surface area contributed by atoms with Crippen molar-refractivity contribution in [2.75, 3.05) is 14.2 Å². The Bertz CT molecular complexity index is 339. The van der Waals surface area contributed by atoms with Gasteiger partial charge in [-0.3, -0.25) is 0 Å². The molecular formula is C15H25NO2. The first-order valence-electron chi connectivity index (χ1n) is 6.64. The van der Waals surface area contributed by atoms with Crippen LogP contribution in [0.3, 0.4) is 0 Å². The fourth-order valence-corrected chi connectivity index (χ4v) is 2.34.